The zero-order chi connectivity index (χ0) is 24.5. The summed E-state index contributed by atoms with van der Waals surface area (Å²) in [5, 5.41) is 33.3. The maximum Gasteiger partial charge on any atom is 0.259 e. The molecule has 0 bridgehead atoms. The second kappa shape index (κ2) is 9.31. The predicted molar refractivity (Wildman–Crippen MR) is 122 cm³/mol. The van der Waals surface area contributed by atoms with E-state index in [1.807, 2.05) is 6.20 Å². The monoisotopic (exact) mass is 478 g/mol. The third-order valence-electron chi connectivity index (χ3n) is 5.85. The van der Waals surface area contributed by atoms with Gasteiger partial charge in [-0.05, 0) is 54.5 Å². The van der Waals surface area contributed by atoms with E-state index in [4.69, 9.17) is 0 Å². The van der Waals surface area contributed by atoms with E-state index >= 15 is 0 Å². The molecule has 0 radical (unpaired) electrons. The first kappa shape index (κ1) is 22.7. The van der Waals surface area contributed by atoms with Crippen molar-refractivity contribution in [2.24, 2.45) is 0 Å². The molecule has 180 valence electrons. The van der Waals surface area contributed by atoms with Gasteiger partial charge in [0.25, 0.3) is 5.91 Å². The largest absolute Gasteiger partial charge is 0.394 e. The molecule has 1 amide bonds. The quantitative estimate of drug-likeness (QED) is 0.350. The lowest BCUT2D eigenvalue weighted by molar-refractivity contribution is 0.102. The standard InChI is InChI=1S/C23H23FN8O3/c1-13(10-33)32-22(28-29-30-32)18-3-2-4-21(26-18)27-23(35)16-8-20(15(11-34)7-17(16)24)31-9-19(25-12-31)14-5-6-14/h2-4,7-9,12-14,33-34H,5-6,10-11H2,1H3,(H,26,27,35)/t13-/m1/s1. The molecule has 35 heavy (non-hydrogen) atoms. The first-order valence-electron chi connectivity index (χ1n) is 11.1. The number of aliphatic hydroxyl groups is 2. The molecule has 12 heteroatoms. The number of carbonyl (C=O) groups is 1. The Kier molecular flexibility index (Phi) is 6.05. The summed E-state index contributed by atoms with van der Waals surface area (Å²) in [7, 11) is 0. The van der Waals surface area contributed by atoms with Crippen LogP contribution in [0.25, 0.3) is 17.2 Å². The van der Waals surface area contributed by atoms with Gasteiger partial charge < -0.3 is 20.1 Å². The van der Waals surface area contributed by atoms with E-state index in [0.29, 0.717) is 28.7 Å². The number of anilines is 1. The van der Waals surface area contributed by atoms with E-state index in [1.54, 1.807) is 36.0 Å². The summed E-state index contributed by atoms with van der Waals surface area (Å²) in [4.78, 5) is 21.8. The molecule has 1 saturated carbocycles. The summed E-state index contributed by atoms with van der Waals surface area (Å²) in [6.07, 6.45) is 5.61. The molecule has 1 fully saturated rings. The van der Waals surface area contributed by atoms with Gasteiger partial charge in [0, 0.05) is 17.7 Å². The molecule has 4 aromatic rings. The number of hydrogen-bond acceptors (Lipinski definition) is 8. The molecule has 11 nitrogen and oxygen atoms in total. The van der Waals surface area contributed by atoms with Gasteiger partial charge in [0.05, 0.1) is 42.5 Å². The first-order chi connectivity index (χ1) is 17.0. The highest BCUT2D eigenvalue weighted by Gasteiger charge is 2.26. The number of imidazole rings is 1. The van der Waals surface area contributed by atoms with E-state index in [0.717, 1.165) is 24.6 Å². The molecule has 1 aliphatic rings. The van der Waals surface area contributed by atoms with Gasteiger partial charge >= 0.3 is 0 Å². The number of tetrazole rings is 1. The summed E-state index contributed by atoms with van der Waals surface area (Å²) in [5.74, 6) is -0.560. The number of rotatable bonds is 8. The van der Waals surface area contributed by atoms with Crippen molar-refractivity contribution in [1.82, 2.24) is 34.7 Å². The SMILES string of the molecule is C[C@H](CO)n1nnnc1-c1cccc(NC(=O)c2cc(-n3cnc(C4CC4)c3)c(CO)cc2F)n1. The van der Waals surface area contributed by atoms with Crippen molar-refractivity contribution in [3.63, 3.8) is 0 Å². The summed E-state index contributed by atoms with van der Waals surface area (Å²) in [6.45, 7) is 1.18. The Bertz CT molecular complexity index is 1380. The van der Waals surface area contributed by atoms with Crippen LogP contribution in [0.2, 0.25) is 0 Å². The topological polar surface area (TPSA) is 144 Å². The Morgan fingerprint density at radius 1 is 1.29 bits per heavy atom. The predicted octanol–water partition coefficient (Wildman–Crippen LogP) is 2.24. The molecule has 0 saturated heterocycles. The van der Waals surface area contributed by atoms with E-state index < -0.39 is 18.3 Å². The number of aromatic nitrogens is 7. The Morgan fingerprint density at radius 2 is 2.11 bits per heavy atom. The summed E-state index contributed by atoms with van der Waals surface area (Å²) in [5.41, 5.74) is 1.91. The van der Waals surface area contributed by atoms with Gasteiger partial charge in [0.15, 0.2) is 0 Å². The van der Waals surface area contributed by atoms with E-state index in [9.17, 15) is 19.4 Å². The minimum atomic E-state index is -0.769. The first-order valence-corrected chi connectivity index (χ1v) is 11.1. The molecule has 0 unspecified atom stereocenters. The Hall–Kier alpha value is -4.03. The van der Waals surface area contributed by atoms with Crippen LogP contribution in [0.1, 0.15) is 53.3 Å². The number of nitrogens with zero attached hydrogens (tertiary/aromatic N) is 7. The number of benzene rings is 1. The molecule has 3 heterocycles. The average Bonchev–Trinajstić information content (AvgIpc) is 3.39. The van der Waals surface area contributed by atoms with Crippen LogP contribution in [0.4, 0.5) is 10.2 Å². The third kappa shape index (κ3) is 4.53. The zero-order valence-electron chi connectivity index (χ0n) is 18.8. The number of pyridine rings is 1. The van der Waals surface area contributed by atoms with E-state index in [-0.39, 0.29) is 24.0 Å². The fraction of sp³-hybridized carbons (Fsp3) is 0.304. The minimum absolute atomic E-state index is 0.168. The molecular weight excluding hydrogens is 455 g/mol. The molecule has 3 N–H and O–H groups in total. The number of amides is 1. The van der Waals surface area contributed by atoms with Gasteiger partial charge in [0.1, 0.15) is 17.3 Å². The van der Waals surface area contributed by atoms with Gasteiger partial charge in [-0.3, -0.25) is 4.79 Å². The van der Waals surface area contributed by atoms with E-state index in [2.05, 4.69) is 30.8 Å². The maximum absolute atomic E-state index is 14.8. The van der Waals surface area contributed by atoms with Gasteiger partial charge in [-0.2, -0.15) is 0 Å². The van der Waals surface area contributed by atoms with Gasteiger partial charge in [-0.15, -0.1) is 5.10 Å². The van der Waals surface area contributed by atoms with Gasteiger partial charge in [-0.1, -0.05) is 6.07 Å². The molecule has 3 aromatic heterocycles. The van der Waals surface area contributed by atoms with Crippen molar-refractivity contribution in [3.8, 4) is 17.2 Å². The van der Waals surface area contributed by atoms with Crippen molar-refractivity contribution in [2.75, 3.05) is 11.9 Å². The van der Waals surface area contributed by atoms with Crippen LogP contribution in [0.3, 0.4) is 0 Å². The molecular formula is C23H23FN8O3. The normalized spacial score (nSPS) is 14.2. The van der Waals surface area contributed by atoms with Crippen molar-refractivity contribution in [1.29, 1.82) is 0 Å². The van der Waals surface area contributed by atoms with Crippen LogP contribution in [-0.4, -0.2) is 57.5 Å². The fourth-order valence-electron chi connectivity index (χ4n) is 3.75. The number of carbonyl (C=O) groups excluding carboxylic acids is 1. The number of aliphatic hydroxyl groups excluding tert-OH is 2. The zero-order valence-corrected chi connectivity index (χ0v) is 18.8. The molecule has 1 aliphatic carbocycles. The number of nitrogens with one attached hydrogen (secondary N) is 1. The highest BCUT2D eigenvalue weighted by atomic mass is 19.1. The summed E-state index contributed by atoms with van der Waals surface area (Å²) >= 11 is 0. The van der Waals surface area contributed by atoms with Crippen molar-refractivity contribution in [2.45, 2.75) is 38.3 Å². The highest BCUT2D eigenvalue weighted by molar-refractivity contribution is 6.04. The van der Waals surface area contributed by atoms with Gasteiger partial charge in [-0.25, -0.2) is 19.0 Å². The number of hydrogen-bond donors (Lipinski definition) is 3. The molecule has 5 rings (SSSR count). The van der Waals surface area contributed by atoms with Crippen LogP contribution >= 0.6 is 0 Å². The van der Waals surface area contributed by atoms with Crippen molar-refractivity contribution in [3.05, 3.63) is 65.5 Å². The average molecular weight is 478 g/mol. The lowest BCUT2D eigenvalue weighted by atomic mass is 10.1. The number of halogens is 1. The van der Waals surface area contributed by atoms with Crippen LogP contribution in [0.5, 0.6) is 0 Å². The maximum atomic E-state index is 14.8. The lowest BCUT2D eigenvalue weighted by Gasteiger charge is -2.13. The molecule has 0 spiro atoms. The molecule has 0 aliphatic heterocycles. The second-order valence-corrected chi connectivity index (χ2v) is 8.44. The van der Waals surface area contributed by atoms with E-state index in [1.165, 1.54) is 10.7 Å². The smallest absolute Gasteiger partial charge is 0.259 e. The Labute approximate surface area is 199 Å². The van der Waals surface area contributed by atoms with Crippen LogP contribution in [0, 0.1) is 5.82 Å². The van der Waals surface area contributed by atoms with Crippen LogP contribution in [-0.2, 0) is 6.61 Å². The fourth-order valence-corrected chi connectivity index (χ4v) is 3.75. The molecule has 1 atom stereocenters. The second-order valence-electron chi connectivity index (χ2n) is 8.44. The lowest BCUT2D eigenvalue weighted by Crippen LogP contribution is -2.17. The van der Waals surface area contributed by atoms with Gasteiger partial charge in [0.2, 0.25) is 5.82 Å². The minimum Gasteiger partial charge on any atom is -0.394 e. The van der Waals surface area contributed by atoms with Crippen LogP contribution < -0.4 is 5.32 Å². The van der Waals surface area contributed by atoms with Crippen molar-refractivity contribution < 1.29 is 19.4 Å². The summed E-state index contributed by atoms with van der Waals surface area (Å²) < 4.78 is 18.0. The summed E-state index contributed by atoms with van der Waals surface area (Å²) in [6, 6.07) is 7.04. The third-order valence-corrected chi connectivity index (χ3v) is 5.85. The Balaban J connectivity index is 1.43. The van der Waals surface area contributed by atoms with Crippen molar-refractivity contribution >= 4 is 11.7 Å². The van der Waals surface area contributed by atoms with Crippen LogP contribution in [0.15, 0.2) is 42.9 Å². The Morgan fingerprint density at radius 3 is 2.86 bits per heavy atom. The highest BCUT2D eigenvalue weighted by Crippen LogP contribution is 2.39. The molecule has 1 aromatic carbocycles.